The van der Waals surface area contributed by atoms with E-state index in [9.17, 15) is 0 Å². The summed E-state index contributed by atoms with van der Waals surface area (Å²) in [5, 5.41) is 0.721. The van der Waals surface area contributed by atoms with Crippen LogP contribution in [0.5, 0.6) is 0 Å². The van der Waals surface area contributed by atoms with Gasteiger partial charge in [-0.05, 0) is 40.2 Å². The molecule has 1 aromatic carbocycles. The first-order chi connectivity index (χ1) is 8.24. The van der Waals surface area contributed by atoms with Crippen LogP contribution in [0.3, 0.4) is 0 Å². The maximum atomic E-state index is 5.98. The molecule has 2 nitrogen and oxygen atoms in total. The van der Waals surface area contributed by atoms with Crippen LogP contribution in [-0.2, 0) is 0 Å². The number of benzene rings is 1. The Bertz CT molecular complexity index is 691. The van der Waals surface area contributed by atoms with E-state index in [1.807, 2.05) is 53.2 Å². The van der Waals surface area contributed by atoms with Crippen molar-refractivity contribution in [3.8, 4) is 11.3 Å². The largest absolute Gasteiger partial charge is 0.306 e. The van der Waals surface area contributed by atoms with Gasteiger partial charge < -0.3 is 4.40 Å². The molecule has 3 rings (SSSR count). The molecule has 0 saturated carbocycles. The Labute approximate surface area is 112 Å². The number of pyridine rings is 1. The minimum absolute atomic E-state index is 0.721. The summed E-state index contributed by atoms with van der Waals surface area (Å²) in [4.78, 5) is 4.58. The van der Waals surface area contributed by atoms with Crippen LogP contribution in [0.15, 0.2) is 53.3 Å². The smallest absolute Gasteiger partial charge is 0.151 e. The zero-order valence-corrected chi connectivity index (χ0v) is 11.1. The predicted octanol–water partition coefficient (Wildman–Crippen LogP) is 4.42. The molecule has 0 fully saturated rings. The monoisotopic (exact) mass is 306 g/mol. The van der Waals surface area contributed by atoms with Crippen molar-refractivity contribution in [2.75, 3.05) is 0 Å². The Morgan fingerprint density at radius 3 is 2.82 bits per heavy atom. The average Bonchev–Trinajstić information content (AvgIpc) is 2.74. The molecule has 0 aliphatic carbocycles. The lowest BCUT2D eigenvalue weighted by Crippen LogP contribution is -1.80. The van der Waals surface area contributed by atoms with Crippen molar-refractivity contribution in [1.29, 1.82) is 0 Å². The summed E-state index contributed by atoms with van der Waals surface area (Å²) in [6, 6.07) is 11.6. The van der Waals surface area contributed by atoms with E-state index in [0.717, 1.165) is 26.4 Å². The minimum Gasteiger partial charge on any atom is -0.306 e. The van der Waals surface area contributed by atoms with E-state index in [2.05, 4.69) is 20.9 Å². The van der Waals surface area contributed by atoms with Crippen molar-refractivity contribution in [3.05, 3.63) is 58.3 Å². The van der Waals surface area contributed by atoms with Gasteiger partial charge in [0.25, 0.3) is 0 Å². The number of rotatable bonds is 1. The number of aromatic nitrogens is 2. The number of nitrogens with zero attached hydrogens (tertiary/aromatic N) is 2. The molecule has 0 aliphatic heterocycles. The van der Waals surface area contributed by atoms with Gasteiger partial charge in [0.1, 0.15) is 0 Å². The normalized spacial score (nSPS) is 10.9. The molecule has 3 aromatic rings. The lowest BCUT2D eigenvalue weighted by molar-refractivity contribution is 1.18. The summed E-state index contributed by atoms with van der Waals surface area (Å²) in [5.74, 6) is 0. The SMILES string of the molecule is Clc1cccc(-c2cn3cccc(Br)c3n2)c1. The van der Waals surface area contributed by atoms with E-state index in [-0.39, 0.29) is 0 Å². The molecular formula is C13H8BrClN2. The second-order valence-electron chi connectivity index (χ2n) is 3.72. The van der Waals surface area contributed by atoms with Gasteiger partial charge in [-0.1, -0.05) is 23.7 Å². The van der Waals surface area contributed by atoms with Gasteiger partial charge in [-0.15, -0.1) is 0 Å². The molecule has 0 atom stereocenters. The Morgan fingerprint density at radius 2 is 2.06 bits per heavy atom. The van der Waals surface area contributed by atoms with Crippen LogP contribution < -0.4 is 0 Å². The summed E-state index contributed by atoms with van der Waals surface area (Å²) >= 11 is 9.47. The molecule has 0 radical (unpaired) electrons. The van der Waals surface area contributed by atoms with E-state index in [1.54, 1.807) is 0 Å². The first-order valence-corrected chi connectivity index (χ1v) is 6.30. The third-order valence-electron chi connectivity index (χ3n) is 2.56. The summed E-state index contributed by atoms with van der Waals surface area (Å²) < 4.78 is 2.97. The van der Waals surface area contributed by atoms with Gasteiger partial charge >= 0.3 is 0 Å². The lowest BCUT2D eigenvalue weighted by Gasteiger charge is -1.95. The fraction of sp³-hybridized carbons (Fsp3) is 0. The number of imidazole rings is 1. The highest BCUT2D eigenvalue weighted by Gasteiger charge is 2.06. The maximum Gasteiger partial charge on any atom is 0.151 e. The summed E-state index contributed by atoms with van der Waals surface area (Å²) in [7, 11) is 0. The molecule has 4 heteroatoms. The van der Waals surface area contributed by atoms with Crippen molar-refractivity contribution < 1.29 is 0 Å². The molecule has 0 unspecified atom stereocenters. The molecule has 0 bridgehead atoms. The third-order valence-corrected chi connectivity index (χ3v) is 3.41. The van der Waals surface area contributed by atoms with E-state index >= 15 is 0 Å². The van der Waals surface area contributed by atoms with Gasteiger partial charge in [0.05, 0.1) is 10.2 Å². The molecule has 84 valence electrons. The molecule has 0 spiro atoms. The molecule has 0 amide bonds. The molecule has 0 saturated heterocycles. The Hall–Kier alpha value is -1.32. The van der Waals surface area contributed by atoms with E-state index in [1.165, 1.54) is 0 Å². The summed E-state index contributed by atoms with van der Waals surface area (Å²) in [6.45, 7) is 0. The van der Waals surface area contributed by atoms with Crippen molar-refractivity contribution in [3.63, 3.8) is 0 Å². The van der Waals surface area contributed by atoms with Crippen molar-refractivity contribution in [2.24, 2.45) is 0 Å². The lowest BCUT2D eigenvalue weighted by atomic mass is 10.2. The molecule has 0 aliphatic rings. The van der Waals surface area contributed by atoms with Gasteiger partial charge in [-0.2, -0.15) is 0 Å². The van der Waals surface area contributed by atoms with E-state index in [0.29, 0.717) is 0 Å². The van der Waals surface area contributed by atoms with Crippen LogP contribution in [0.25, 0.3) is 16.9 Å². The molecular weight excluding hydrogens is 300 g/mol. The molecule has 17 heavy (non-hydrogen) atoms. The van der Waals surface area contributed by atoms with Crippen LogP contribution in [0, 0.1) is 0 Å². The van der Waals surface area contributed by atoms with Crippen LogP contribution in [0.1, 0.15) is 0 Å². The van der Waals surface area contributed by atoms with Gasteiger partial charge in [0, 0.05) is 23.0 Å². The Balaban J connectivity index is 2.22. The van der Waals surface area contributed by atoms with Crippen LogP contribution >= 0.6 is 27.5 Å². The number of halogens is 2. The van der Waals surface area contributed by atoms with Crippen molar-refractivity contribution >= 4 is 33.2 Å². The fourth-order valence-corrected chi connectivity index (χ4v) is 2.40. The average molecular weight is 308 g/mol. The third kappa shape index (κ3) is 1.96. The Morgan fingerprint density at radius 1 is 1.18 bits per heavy atom. The highest BCUT2D eigenvalue weighted by molar-refractivity contribution is 9.10. The quantitative estimate of drug-likeness (QED) is 0.650. The first kappa shape index (κ1) is 10.8. The zero-order valence-electron chi connectivity index (χ0n) is 8.77. The maximum absolute atomic E-state index is 5.98. The molecule has 0 N–H and O–H groups in total. The van der Waals surface area contributed by atoms with E-state index in [4.69, 9.17) is 11.6 Å². The van der Waals surface area contributed by atoms with Crippen LogP contribution in [0.2, 0.25) is 5.02 Å². The second kappa shape index (κ2) is 4.17. The predicted molar refractivity (Wildman–Crippen MR) is 73.3 cm³/mol. The molecule has 2 heterocycles. The second-order valence-corrected chi connectivity index (χ2v) is 5.01. The van der Waals surface area contributed by atoms with Gasteiger partial charge in [0.2, 0.25) is 0 Å². The number of fused-ring (bicyclic) bond motifs is 1. The van der Waals surface area contributed by atoms with Gasteiger partial charge in [-0.3, -0.25) is 0 Å². The highest BCUT2D eigenvalue weighted by Crippen LogP contribution is 2.24. The van der Waals surface area contributed by atoms with Crippen molar-refractivity contribution in [1.82, 2.24) is 9.38 Å². The summed E-state index contributed by atoms with van der Waals surface area (Å²) in [5.41, 5.74) is 2.84. The topological polar surface area (TPSA) is 17.3 Å². The minimum atomic E-state index is 0.721. The Kier molecular flexibility index (Phi) is 2.65. The number of hydrogen-bond acceptors (Lipinski definition) is 1. The van der Waals surface area contributed by atoms with Crippen LogP contribution in [0.4, 0.5) is 0 Å². The fourth-order valence-electron chi connectivity index (χ4n) is 1.77. The highest BCUT2D eigenvalue weighted by atomic mass is 79.9. The molecule has 2 aromatic heterocycles. The van der Waals surface area contributed by atoms with Crippen molar-refractivity contribution in [2.45, 2.75) is 0 Å². The van der Waals surface area contributed by atoms with Crippen LogP contribution in [-0.4, -0.2) is 9.38 Å². The van der Waals surface area contributed by atoms with Gasteiger partial charge in [0.15, 0.2) is 5.65 Å². The standard InChI is InChI=1S/C13H8BrClN2/c14-11-5-2-6-17-8-12(16-13(11)17)9-3-1-4-10(15)7-9/h1-8H. The number of hydrogen-bond donors (Lipinski definition) is 0. The summed E-state index contributed by atoms with van der Waals surface area (Å²) in [6.07, 6.45) is 3.97. The first-order valence-electron chi connectivity index (χ1n) is 5.13. The zero-order chi connectivity index (χ0) is 11.8. The van der Waals surface area contributed by atoms with Gasteiger partial charge in [-0.25, -0.2) is 4.98 Å². The van der Waals surface area contributed by atoms with E-state index < -0.39 is 0 Å².